The van der Waals surface area contributed by atoms with Crippen molar-refractivity contribution in [2.45, 2.75) is 19.3 Å². The van der Waals surface area contributed by atoms with Crippen LogP contribution in [0.4, 0.5) is 8.78 Å². The van der Waals surface area contributed by atoms with E-state index in [1.807, 2.05) is 0 Å². The van der Waals surface area contributed by atoms with E-state index in [9.17, 15) is 13.6 Å². The highest BCUT2D eigenvalue weighted by Crippen LogP contribution is 2.33. The van der Waals surface area contributed by atoms with Crippen LogP contribution in [-0.2, 0) is 6.42 Å². The highest BCUT2D eigenvalue weighted by molar-refractivity contribution is 5.88. The van der Waals surface area contributed by atoms with Crippen molar-refractivity contribution >= 4 is 5.97 Å². The third-order valence-electron chi connectivity index (χ3n) is 2.60. The van der Waals surface area contributed by atoms with Gasteiger partial charge in [0.15, 0.2) is 11.6 Å². The Kier molecular flexibility index (Phi) is 2.42. The van der Waals surface area contributed by atoms with Crippen molar-refractivity contribution in [3.63, 3.8) is 0 Å². The monoisotopic (exact) mass is 212 g/mol. The standard InChI is InChI=1S/C11H10F2O2/c12-9-7(5-6-1-2-6)3-4-8(10(9)13)11(14)15/h3-4,6H,1-2,5H2,(H,14,15). The van der Waals surface area contributed by atoms with Gasteiger partial charge < -0.3 is 5.11 Å². The summed E-state index contributed by atoms with van der Waals surface area (Å²) in [6.45, 7) is 0. The largest absolute Gasteiger partial charge is 0.478 e. The van der Waals surface area contributed by atoms with Gasteiger partial charge in [-0.05, 0) is 36.8 Å². The highest BCUT2D eigenvalue weighted by atomic mass is 19.2. The molecular weight excluding hydrogens is 202 g/mol. The van der Waals surface area contributed by atoms with E-state index < -0.39 is 23.2 Å². The zero-order valence-electron chi connectivity index (χ0n) is 7.96. The first kappa shape index (κ1) is 10.1. The quantitative estimate of drug-likeness (QED) is 0.836. The Hall–Kier alpha value is -1.45. The van der Waals surface area contributed by atoms with Crippen LogP contribution in [0.3, 0.4) is 0 Å². The second kappa shape index (κ2) is 3.61. The van der Waals surface area contributed by atoms with Gasteiger partial charge >= 0.3 is 5.97 Å². The molecule has 1 saturated carbocycles. The third-order valence-corrected chi connectivity index (χ3v) is 2.60. The number of benzene rings is 1. The molecule has 0 aliphatic heterocycles. The van der Waals surface area contributed by atoms with Crippen LogP contribution in [-0.4, -0.2) is 11.1 Å². The van der Waals surface area contributed by atoms with Crippen molar-refractivity contribution in [2.24, 2.45) is 5.92 Å². The molecule has 0 heterocycles. The summed E-state index contributed by atoms with van der Waals surface area (Å²) in [5.74, 6) is -3.26. The molecule has 0 saturated heterocycles. The minimum Gasteiger partial charge on any atom is -0.478 e. The fourth-order valence-electron chi connectivity index (χ4n) is 1.55. The SMILES string of the molecule is O=C(O)c1ccc(CC2CC2)c(F)c1F. The first-order valence-electron chi connectivity index (χ1n) is 4.79. The van der Waals surface area contributed by atoms with Gasteiger partial charge in [0, 0.05) is 0 Å². The molecule has 1 aromatic carbocycles. The molecule has 1 aromatic rings. The summed E-state index contributed by atoms with van der Waals surface area (Å²) < 4.78 is 26.6. The number of aromatic carboxylic acids is 1. The topological polar surface area (TPSA) is 37.3 Å². The maximum absolute atomic E-state index is 13.4. The Morgan fingerprint density at radius 2 is 2.00 bits per heavy atom. The number of carbonyl (C=O) groups is 1. The van der Waals surface area contributed by atoms with E-state index in [0.717, 1.165) is 18.9 Å². The maximum Gasteiger partial charge on any atom is 0.338 e. The van der Waals surface area contributed by atoms with Crippen molar-refractivity contribution < 1.29 is 18.7 Å². The molecule has 0 aromatic heterocycles. The lowest BCUT2D eigenvalue weighted by Gasteiger charge is -2.04. The van der Waals surface area contributed by atoms with Crippen molar-refractivity contribution in [3.05, 3.63) is 34.9 Å². The predicted molar refractivity (Wildman–Crippen MR) is 49.7 cm³/mol. The summed E-state index contributed by atoms with van der Waals surface area (Å²) >= 11 is 0. The van der Waals surface area contributed by atoms with E-state index in [2.05, 4.69) is 0 Å². The van der Waals surface area contributed by atoms with Gasteiger partial charge in [-0.15, -0.1) is 0 Å². The average Bonchev–Trinajstić information content (AvgIpc) is 2.96. The van der Waals surface area contributed by atoms with Crippen LogP contribution >= 0.6 is 0 Å². The van der Waals surface area contributed by atoms with Crippen molar-refractivity contribution in [2.75, 3.05) is 0 Å². The summed E-state index contributed by atoms with van der Waals surface area (Å²) in [4.78, 5) is 10.5. The van der Waals surface area contributed by atoms with E-state index in [1.165, 1.54) is 6.07 Å². The number of rotatable bonds is 3. The van der Waals surface area contributed by atoms with Crippen LogP contribution in [0.15, 0.2) is 12.1 Å². The lowest BCUT2D eigenvalue weighted by molar-refractivity contribution is 0.0690. The van der Waals surface area contributed by atoms with Crippen LogP contribution in [0, 0.1) is 17.6 Å². The Morgan fingerprint density at radius 3 is 2.53 bits per heavy atom. The molecule has 2 nitrogen and oxygen atoms in total. The second-order valence-electron chi connectivity index (χ2n) is 3.85. The first-order valence-corrected chi connectivity index (χ1v) is 4.79. The molecule has 1 aliphatic rings. The number of hydrogen-bond acceptors (Lipinski definition) is 1. The lowest BCUT2D eigenvalue weighted by Crippen LogP contribution is -2.05. The molecule has 0 bridgehead atoms. The third kappa shape index (κ3) is 1.98. The van der Waals surface area contributed by atoms with Gasteiger partial charge in [-0.3, -0.25) is 0 Å². The molecular formula is C11H10F2O2. The Labute approximate surface area is 85.5 Å². The van der Waals surface area contributed by atoms with Crippen molar-refractivity contribution in [1.82, 2.24) is 0 Å². The summed E-state index contributed by atoms with van der Waals surface area (Å²) in [7, 11) is 0. The van der Waals surface area contributed by atoms with Gasteiger partial charge in [0.25, 0.3) is 0 Å². The molecule has 0 spiro atoms. The van der Waals surface area contributed by atoms with E-state index >= 15 is 0 Å². The van der Waals surface area contributed by atoms with E-state index in [-0.39, 0.29) is 5.56 Å². The number of carboxylic acid groups (broad SMARTS) is 1. The summed E-state index contributed by atoms with van der Waals surface area (Å²) in [6, 6.07) is 2.48. The summed E-state index contributed by atoms with van der Waals surface area (Å²) in [5, 5.41) is 8.57. The Balaban J connectivity index is 2.34. The Bertz CT molecular complexity index is 411. The molecule has 2 rings (SSSR count). The fraction of sp³-hybridized carbons (Fsp3) is 0.364. The molecule has 4 heteroatoms. The zero-order chi connectivity index (χ0) is 11.0. The molecule has 0 amide bonds. The Morgan fingerprint density at radius 1 is 1.33 bits per heavy atom. The molecule has 0 atom stereocenters. The predicted octanol–water partition coefficient (Wildman–Crippen LogP) is 2.62. The highest BCUT2D eigenvalue weighted by Gasteiger charge is 2.25. The molecule has 0 radical (unpaired) electrons. The minimum atomic E-state index is -1.44. The smallest absolute Gasteiger partial charge is 0.338 e. The van der Waals surface area contributed by atoms with Crippen LogP contribution < -0.4 is 0 Å². The number of carboxylic acids is 1. The summed E-state index contributed by atoms with van der Waals surface area (Å²) in [6.07, 6.45) is 2.59. The van der Waals surface area contributed by atoms with Gasteiger partial charge in [0.05, 0.1) is 5.56 Å². The van der Waals surface area contributed by atoms with Crippen molar-refractivity contribution in [1.29, 1.82) is 0 Å². The van der Waals surface area contributed by atoms with Gasteiger partial charge in [-0.2, -0.15) is 0 Å². The van der Waals surface area contributed by atoms with Gasteiger partial charge in [0.2, 0.25) is 0 Å². The van der Waals surface area contributed by atoms with Crippen LogP contribution in [0.1, 0.15) is 28.8 Å². The van der Waals surface area contributed by atoms with E-state index in [1.54, 1.807) is 0 Å². The van der Waals surface area contributed by atoms with Gasteiger partial charge in [0.1, 0.15) is 0 Å². The molecule has 1 aliphatic carbocycles. The zero-order valence-corrected chi connectivity index (χ0v) is 7.96. The fourth-order valence-corrected chi connectivity index (χ4v) is 1.55. The lowest BCUT2D eigenvalue weighted by atomic mass is 10.0. The number of halogens is 2. The number of hydrogen-bond donors (Lipinski definition) is 1. The van der Waals surface area contributed by atoms with Gasteiger partial charge in [-0.1, -0.05) is 6.07 Å². The van der Waals surface area contributed by atoms with Gasteiger partial charge in [-0.25, -0.2) is 13.6 Å². The first-order chi connectivity index (χ1) is 7.09. The summed E-state index contributed by atoms with van der Waals surface area (Å²) in [5.41, 5.74) is -0.327. The molecule has 1 fully saturated rings. The van der Waals surface area contributed by atoms with Crippen LogP contribution in [0.25, 0.3) is 0 Å². The van der Waals surface area contributed by atoms with E-state index in [4.69, 9.17) is 5.11 Å². The van der Waals surface area contributed by atoms with Crippen LogP contribution in [0.5, 0.6) is 0 Å². The normalized spacial score (nSPS) is 15.3. The molecule has 80 valence electrons. The van der Waals surface area contributed by atoms with Crippen LogP contribution in [0.2, 0.25) is 0 Å². The minimum absolute atomic E-state index is 0.278. The molecule has 0 unspecified atom stereocenters. The molecule has 15 heavy (non-hydrogen) atoms. The average molecular weight is 212 g/mol. The second-order valence-corrected chi connectivity index (χ2v) is 3.85. The maximum atomic E-state index is 13.4. The van der Waals surface area contributed by atoms with E-state index in [0.29, 0.717) is 12.3 Å². The molecule has 1 N–H and O–H groups in total. The van der Waals surface area contributed by atoms with Crippen molar-refractivity contribution in [3.8, 4) is 0 Å².